The number of para-hydroxylation sites is 2. The lowest BCUT2D eigenvalue weighted by molar-refractivity contribution is -0.128. The summed E-state index contributed by atoms with van der Waals surface area (Å²) in [4.78, 5) is 13.5. The van der Waals surface area contributed by atoms with Crippen LogP contribution >= 0.6 is 0 Å². The topological polar surface area (TPSA) is 84.9 Å². The number of nitrogens with zero attached hydrogens (tertiary/aromatic N) is 1. The molecule has 1 heterocycles. The van der Waals surface area contributed by atoms with Crippen LogP contribution in [0.2, 0.25) is 0 Å². The largest absolute Gasteiger partial charge is 0.496 e. The van der Waals surface area contributed by atoms with Crippen LogP contribution in [0.25, 0.3) is 0 Å². The highest BCUT2D eigenvalue weighted by molar-refractivity contribution is 7.92. The smallest absolute Gasteiger partial charge is 0.264 e. The summed E-state index contributed by atoms with van der Waals surface area (Å²) >= 11 is 0. The van der Waals surface area contributed by atoms with Crippen molar-refractivity contribution in [1.29, 1.82) is 0 Å². The first kappa shape index (κ1) is 24.6. The zero-order chi connectivity index (χ0) is 25.2. The molecule has 0 saturated carbocycles. The molecule has 8 heteroatoms. The van der Waals surface area contributed by atoms with Crippen LogP contribution < -0.4 is 19.1 Å². The van der Waals surface area contributed by atoms with E-state index in [4.69, 9.17) is 9.47 Å². The number of aryl methyl sites for hydroxylation is 2. The number of hydrogen-bond donors (Lipinski definition) is 1. The van der Waals surface area contributed by atoms with Gasteiger partial charge >= 0.3 is 0 Å². The third kappa shape index (κ3) is 4.98. The molecule has 184 valence electrons. The Morgan fingerprint density at radius 2 is 1.83 bits per heavy atom. The molecule has 7 nitrogen and oxygen atoms in total. The summed E-state index contributed by atoms with van der Waals surface area (Å²) in [6, 6.07) is 19.1. The van der Waals surface area contributed by atoms with E-state index >= 15 is 0 Å². The number of methoxy groups -OCH3 is 1. The molecular formula is C27H30N2O5S. The van der Waals surface area contributed by atoms with Crippen LogP contribution in [0, 0.1) is 13.8 Å². The number of carbonyl (C=O) groups excluding carboxylic acids is 1. The number of carbonyl (C=O) groups is 1. The van der Waals surface area contributed by atoms with Crippen LogP contribution in [0.4, 0.5) is 5.69 Å². The summed E-state index contributed by atoms with van der Waals surface area (Å²) in [5, 5.41) is 3.04. The average molecular weight is 495 g/mol. The second kappa shape index (κ2) is 10.00. The van der Waals surface area contributed by atoms with E-state index in [-0.39, 0.29) is 23.4 Å². The van der Waals surface area contributed by atoms with Crippen LogP contribution in [0.1, 0.15) is 36.1 Å². The van der Waals surface area contributed by atoms with Crippen molar-refractivity contribution in [2.75, 3.05) is 18.0 Å². The van der Waals surface area contributed by atoms with Crippen molar-refractivity contribution < 1.29 is 22.7 Å². The van der Waals surface area contributed by atoms with Gasteiger partial charge in [-0.05, 0) is 61.7 Å². The molecule has 3 aromatic rings. The number of benzene rings is 3. The normalized spacial score (nSPS) is 16.1. The molecular weight excluding hydrogens is 464 g/mol. The van der Waals surface area contributed by atoms with Gasteiger partial charge in [-0.25, -0.2) is 8.42 Å². The van der Waals surface area contributed by atoms with Gasteiger partial charge in [0.1, 0.15) is 11.5 Å². The third-order valence-corrected chi connectivity index (χ3v) is 7.98. The van der Waals surface area contributed by atoms with E-state index in [1.807, 2.05) is 39.0 Å². The SMILES string of the molecule is CC[C@H](NC(=O)[C@@H]1CN(S(=O)(=O)c2ccc(C)cc2)c2ccccc2O1)c1ccc(OC)c(C)c1. The molecule has 0 fully saturated rings. The maximum Gasteiger partial charge on any atom is 0.264 e. The van der Waals surface area contributed by atoms with Gasteiger partial charge in [0, 0.05) is 0 Å². The lowest BCUT2D eigenvalue weighted by atomic mass is 10.0. The fourth-order valence-electron chi connectivity index (χ4n) is 4.21. The van der Waals surface area contributed by atoms with E-state index in [1.54, 1.807) is 55.6 Å². The predicted molar refractivity (Wildman–Crippen MR) is 135 cm³/mol. The van der Waals surface area contributed by atoms with E-state index < -0.39 is 16.1 Å². The number of nitrogens with one attached hydrogen (secondary N) is 1. The summed E-state index contributed by atoms with van der Waals surface area (Å²) < 4.78 is 39.7. The maximum absolute atomic E-state index is 13.6. The molecule has 3 aromatic carbocycles. The standard InChI is InChI=1S/C27H30N2O5S/c1-5-22(20-12-15-24(33-4)19(3)16-20)28-27(30)26-17-29(23-8-6-7-9-25(23)34-26)35(31,32)21-13-10-18(2)11-14-21/h6-16,22,26H,5,17H2,1-4H3,(H,28,30)/t22-,26-/m0/s1. The van der Waals surface area contributed by atoms with E-state index in [9.17, 15) is 13.2 Å². The number of amides is 1. The van der Waals surface area contributed by atoms with Crippen molar-refractivity contribution in [1.82, 2.24) is 5.32 Å². The fourth-order valence-corrected chi connectivity index (χ4v) is 5.68. The lowest BCUT2D eigenvalue weighted by Gasteiger charge is -2.35. The summed E-state index contributed by atoms with van der Waals surface area (Å²) in [7, 11) is -2.28. The van der Waals surface area contributed by atoms with E-state index in [2.05, 4.69) is 5.32 Å². The molecule has 4 rings (SSSR count). The molecule has 1 aliphatic rings. The highest BCUT2D eigenvalue weighted by Crippen LogP contribution is 2.37. The van der Waals surface area contributed by atoms with Crippen molar-refractivity contribution in [3.8, 4) is 11.5 Å². The van der Waals surface area contributed by atoms with Crippen LogP contribution in [0.15, 0.2) is 71.6 Å². The average Bonchev–Trinajstić information content (AvgIpc) is 2.86. The number of ether oxygens (including phenoxy) is 2. The second-order valence-electron chi connectivity index (χ2n) is 8.62. The number of sulfonamides is 1. The fraction of sp³-hybridized carbons (Fsp3) is 0.296. The molecule has 1 N–H and O–H groups in total. The molecule has 0 aromatic heterocycles. The monoisotopic (exact) mass is 494 g/mol. The Hall–Kier alpha value is -3.52. The first-order chi connectivity index (χ1) is 16.7. The molecule has 1 aliphatic heterocycles. The van der Waals surface area contributed by atoms with Gasteiger partial charge in [0.2, 0.25) is 0 Å². The van der Waals surface area contributed by atoms with Crippen molar-refractivity contribution in [3.05, 3.63) is 83.4 Å². The van der Waals surface area contributed by atoms with Gasteiger partial charge in [-0.1, -0.05) is 48.9 Å². The van der Waals surface area contributed by atoms with Crippen LogP contribution in [0.3, 0.4) is 0 Å². The Balaban J connectivity index is 1.61. The zero-order valence-electron chi connectivity index (χ0n) is 20.3. The Kier molecular flexibility index (Phi) is 7.03. The van der Waals surface area contributed by atoms with Gasteiger partial charge in [-0.3, -0.25) is 9.10 Å². The molecule has 0 spiro atoms. The maximum atomic E-state index is 13.6. The quantitative estimate of drug-likeness (QED) is 0.521. The summed E-state index contributed by atoms with van der Waals surface area (Å²) in [5.74, 6) is 0.756. The molecule has 0 aliphatic carbocycles. The number of anilines is 1. The molecule has 35 heavy (non-hydrogen) atoms. The summed E-state index contributed by atoms with van der Waals surface area (Å²) in [6.45, 7) is 5.70. The Morgan fingerprint density at radius 3 is 2.49 bits per heavy atom. The van der Waals surface area contributed by atoms with Gasteiger partial charge in [0.05, 0.1) is 30.3 Å². The van der Waals surface area contributed by atoms with Gasteiger partial charge in [0.25, 0.3) is 15.9 Å². The number of hydrogen-bond acceptors (Lipinski definition) is 5. The minimum atomic E-state index is -3.90. The third-order valence-electron chi connectivity index (χ3n) is 6.18. The Bertz CT molecular complexity index is 1320. The van der Waals surface area contributed by atoms with Crippen molar-refractivity contribution >= 4 is 21.6 Å². The van der Waals surface area contributed by atoms with Gasteiger partial charge in [-0.2, -0.15) is 0 Å². The van der Waals surface area contributed by atoms with Crippen molar-refractivity contribution in [3.63, 3.8) is 0 Å². The van der Waals surface area contributed by atoms with Gasteiger partial charge < -0.3 is 14.8 Å². The highest BCUT2D eigenvalue weighted by Gasteiger charge is 2.38. The van der Waals surface area contributed by atoms with E-state index in [1.165, 1.54) is 4.31 Å². The first-order valence-electron chi connectivity index (χ1n) is 11.5. The van der Waals surface area contributed by atoms with Crippen LogP contribution in [-0.2, 0) is 14.8 Å². The molecule has 0 radical (unpaired) electrons. The van der Waals surface area contributed by atoms with Crippen LogP contribution in [0.5, 0.6) is 11.5 Å². The minimum Gasteiger partial charge on any atom is -0.496 e. The molecule has 2 atom stereocenters. The molecule has 0 bridgehead atoms. The highest BCUT2D eigenvalue weighted by atomic mass is 32.2. The zero-order valence-corrected chi connectivity index (χ0v) is 21.1. The first-order valence-corrected chi connectivity index (χ1v) is 13.0. The Labute approximate surface area is 206 Å². The van der Waals surface area contributed by atoms with Gasteiger partial charge in [-0.15, -0.1) is 0 Å². The molecule has 0 saturated heterocycles. The minimum absolute atomic E-state index is 0.128. The lowest BCUT2D eigenvalue weighted by Crippen LogP contribution is -2.51. The number of rotatable bonds is 7. The van der Waals surface area contributed by atoms with E-state index in [0.717, 1.165) is 22.4 Å². The predicted octanol–water partition coefficient (Wildman–Crippen LogP) is 4.54. The second-order valence-corrected chi connectivity index (χ2v) is 10.5. The van der Waals surface area contributed by atoms with Crippen molar-refractivity contribution in [2.45, 2.75) is 44.2 Å². The molecule has 0 unspecified atom stereocenters. The Morgan fingerprint density at radius 1 is 1.11 bits per heavy atom. The summed E-state index contributed by atoms with van der Waals surface area (Å²) in [6.07, 6.45) is -0.342. The van der Waals surface area contributed by atoms with Crippen molar-refractivity contribution in [2.24, 2.45) is 0 Å². The van der Waals surface area contributed by atoms with Gasteiger partial charge in [0.15, 0.2) is 6.10 Å². The molecule has 1 amide bonds. The number of fused-ring (bicyclic) bond motifs is 1. The van der Waals surface area contributed by atoms with Crippen LogP contribution in [-0.4, -0.2) is 34.1 Å². The van der Waals surface area contributed by atoms with E-state index in [0.29, 0.717) is 17.9 Å². The summed E-state index contributed by atoms with van der Waals surface area (Å²) in [5.41, 5.74) is 3.29.